The Morgan fingerprint density at radius 1 is 1.24 bits per heavy atom. The van der Waals surface area contributed by atoms with E-state index in [0.717, 1.165) is 5.56 Å². The van der Waals surface area contributed by atoms with Crippen LogP contribution in [-0.2, 0) is 6.42 Å². The molecule has 3 N–H and O–H groups in total. The molecule has 0 aliphatic rings. The molecule has 0 aliphatic carbocycles. The third-order valence-electron chi connectivity index (χ3n) is 3.30. The van der Waals surface area contributed by atoms with Crippen molar-refractivity contribution in [3.63, 3.8) is 0 Å². The van der Waals surface area contributed by atoms with Gasteiger partial charge in [0.1, 0.15) is 5.82 Å². The minimum Gasteiger partial charge on any atom is -0.399 e. The monoisotopic (exact) mass is 286 g/mol. The van der Waals surface area contributed by atoms with Gasteiger partial charge in [-0.1, -0.05) is 29.8 Å². The predicted octanol–water partition coefficient (Wildman–Crippen LogP) is 3.00. The Bertz CT molecular complexity index is 668. The van der Waals surface area contributed by atoms with Crippen molar-refractivity contribution < 1.29 is 9.18 Å². The Balaban J connectivity index is 1.99. The molecule has 4 heteroatoms. The summed E-state index contributed by atoms with van der Waals surface area (Å²) in [5.41, 5.74) is 8.73. The van der Waals surface area contributed by atoms with E-state index in [9.17, 15) is 9.18 Å². The van der Waals surface area contributed by atoms with Gasteiger partial charge in [0.05, 0.1) is 5.56 Å². The molecule has 3 nitrogen and oxygen atoms in total. The van der Waals surface area contributed by atoms with Crippen LogP contribution in [0.25, 0.3) is 0 Å². The summed E-state index contributed by atoms with van der Waals surface area (Å²) in [5, 5.41) is 2.73. The number of anilines is 1. The fourth-order valence-electron chi connectivity index (χ4n) is 2.25. The second-order valence-corrected chi connectivity index (χ2v) is 5.19. The fraction of sp³-hybridized carbons (Fsp3) is 0.235. The van der Waals surface area contributed by atoms with Gasteiger partial charge in [0, 0.05) is 12.2 Å². The highest BCUT2D eigenvalue weighted by molar-refractivity contribution is 5.95. The van der Waals surface area contributed by atoms with E-state index >= 15 is 0 Å². The maximum Gasteiger partial charge on any atom is 0.254 e. The Hall–Kier alpha value is -2.36. The molecule has 0 saturated carbocycles. The molecule has 0 saturated heterocycles. The molecule has 0 aliphatic heterocycles. The van der Waals surface area contributed by atoms with E-state index in [-0.39, 0.29) is 5.56 Å². The number of nitrogens with one attached hydrogen (secondary N) is 1. The normalized spacial score (nSPS) is 10.4. The highest BCUT2D eigenvalue weighted by Crippen LogP contribution is 2.17. The van der Waals surface area contributed by atoms with E-state index in [0.29, 0.717) is 24.2 Å². The van der Waals surface area contributed by atoms with Gasteiger partial charge in [-0.2, -0.15) is 0 Å². The zero-order chi connectivity index (χ0) is 15.4. The molecule has 0 unspecified atom stereocenters. The molecule has 110 valence electrons. The van der Waals surface area contributed by atoms with Gasteiger partial charge < -0.3 is 11.1 Å². The third kappa shape index (κ3) is 3.81. The minimum absolute atomic E-state index is 0.00302. The fourth-order valence-corrected chi connectivity index (χ4v) is 2.25. The number of nitrogen functional groups attached to an aromatic ring is 1. The first kappa shape index (κ1) is 15.0. The van der Waals surface area contributed by atoms with Gasteiger partial charge in [-0.3, -0.25) is 4.79 Å². The smallest absolute Gasteiger partial charge is 0.254 e. The molecule has 2 rings (SSSR count). The first-order valence-electron chi connectivity index (χ1n) is 6.86. The summed E-state index contributed by atoms with van der Waals surface area (Å²) in [6, 6.07) is 10.9. The lowest BCUT2D eigenvalue weighted by Gasteiger charge is -2.09. The minimum atomic E-state index is -0.516. The number of halogens is 1. The van der Waals surface area contributed by atoms with E-state index in [1.807, 2.05) is 25.1 Å². The Morgan fingerprint density at radius 3 is 2.71 bits per heavy atom. The first-order valence-corrected chi connectivity index (χ1v) is 6.86. The summed E-state index contributed by atoms with van der Waals surface area (Å²) >= 11 is 0. The van der Waals surface area contributed by atoms with Crippen molar-refractivity contribution in [3.8, 4) is 0 Å². The summed E-state index contributed by atoms with van der Waals surface area (Å²) in [6.07, 6.45) is 0.705. The Labute approximate surface area is 124 Å². The molecule has 21 heavy (non-hydrogen) atoms. The average molecular weight is 286 g/mol. The van der Waals surface area contributed by atoms with Crippen molar-refractivity contribution in [1.29, 1.82) is 0 Å². The van der Waals surface area contributed by atoms with Crippen LogP contribution in [0.3, 0.4) is 0 Å². The number of carbonyl (C=O) groups excluding carboxylic acids is 1. The first-order chi connectivity index (χ1) is 9.97. The van der Waals surface area contributed by atoms with Crippen molar-refractivity contribution in [2.45, 2.75) is 20.3 Å². The highest BCUT2D eigenvalue weighted by Gasteiger charge is 2.14. The van der Waals surface area contributed by atoms with Crippen LogP contribution in [0.5, 0.6) is 0 Å². The van der Waals surface area contributed by atoms with Crippen LogP contribution in [-0.4, -0.2) is 12.5 Å². The van der Waals surface area contributed by atoms with Gasteiger partial charge in [-0.05, 0) is 43.5 Å². The van der Waals surface area contributed by atoms with Crippen molar-refractivity contribution in [2.24, 2.45) is 0 Å². The highest BCUT2D eigenvalue weighted by atomic mass is 19.1. The number of amides is 1. The molecule has 0 fully saturated rings. The second-order valence-electron chi connectivity index (χ2n) is 5.19. The molecule has 1 amide bonds. The maximum atomic E-state index is 13.9. The number of carbonyl (C=O) groups is 1. The van der Waals surface area contributed by atoms with Crippen LogP contribution >= 0.6 is 0 Å². The molecule has 0 atom stereocenters. The number of hydrogen-bond acceptors (Lipinski definition) is 2. The molecule has 2 aromatic rings. The standard InChI is InChI=1S/C17H19FN2O/c1-11-4-3-5-13(8-11)6-7-20-17(21)15-10-14(19)9-12(2)16(15)18/h3-5,8-10H,6-7,19H2,1-2H3,(H,20,21). The molecule has 0 bridgehead atoms. The Morgan fingerprint density at radius 2 is 2.00 bits per heavy atom. The van der Waals surface area contributed by atoms with Crippen LogP contribution in [0.4, 0.5) is 10.1 Å². The van der Waals surface area contributed by atoms with E-state index in [1.54, 1.807) is 6.92 Å². The summed E-state index contributed by atoms with van der Waals surface area (Å²) in [4.78, 5) is 12.0. The van der Waals surface area contributed by atoms with Crippen LogP contribution in [0, 0.1) is 19.7 Å². The van der Waals surface area contributed by atoms with Crippen LogP contribution in [0.1, 0.15) is 27.0 Å². The van der Waals surface area contributed by atoms with Crippen LogP contribution < -0.4 is 11.1 Å². The summed E-state index contributed by atoms with van der Waals surface area (Å²) in [6.45, 7) is 4.07. The lowest BCUT2D eigenvalue weighted by Crippen LogP contribution is -2.27. The van der Waals surface area contributed by atoms with Gasteiger partial charge >= 0.3 is 0 Å². The number of aryl methyl sites for hydroxylation is 2. The van der Waals surface area contributed by atoms with Crippen molar-refractivity contribution in [2.75, 3.05) is 12.3 Å². The lowest BCUT2D eigenvalue weighted by atomic mass is 10.1. The molecule has 0 radical (unpaired) electrons. The number of nitrogens with two attached hydrogens (primary N) is 1. The zero-order valence-electron chi connectivity index (χ0n) is 12.2. The molecule has 0 spiro atoms. The zero-order valence-corrected chi connectivity index (χ0v) is 12.2. The van der Waals surface area contributed by atoms with E-state index in [4.69, 9.17) is 5.73 Å². The molecular weight excluding hydrogens is 267 g/mol. The van der Waals surface area contributed by atoms with E-state index < -0.39 is 11.7 Å². The summed E-state index contributed by atoms with van der Waals surface area (Å²) in [7, 11) is 0. The van der Waals surface area contributed by atoms with Gasteiger partial charge in [-0.15, -0.1) is 0 Å². The Kier molecular flexibility index (Phi) is 4.58. The van der Waals surface area contributed by atoms with Gasteiger partial charge in [0.2, 0.25) is 0 Å². The average Bonchev–Trinajstić information content (AvgIpc) is 2.42. The summed E-state index contributed by atoms with van der Waals surface area (Å²) in [5.74, 6) is -0.951. The number of rotatable bonds is 4. The third-order valence-corrected chi connectivity index (χ3v) is 3.30. The largest absolute Gasteiger partial charge is 0.399 e. The lowest BCUT2D eigenvalue weighted by molar-refractivity contribution is 0.0950. The molecular formula is C17H19FN2O. The van der Waals surface area contributed by atoms with Gasteiger partial charge in [-0.25, -0.2) is 4.39 Å². The van der Waals surface area contributed by atoms with E-state index in [2.05, 4.69) is 11.4 Å². The van der Waals surface area contributed by atoms with Crippen molar-refractivity contribution in [1.82, 2.24) is 5.32 Å². The quantitative estimate of drug-likeness (QED) is 0.849. The summed E-state index contributed by atoms with van der Waals surface area (Å²) < 4.78 is 13.9. The van der Waals surface area contributed by atoms with Gasteiger partial charge in [0.25, 0.3) is 5.91 Å². The van der Waals surface area contributed by atoms with Crippen molar-refractivity contribution >= 4 is 11.6 Å². The molecule has 2 aromatic carbocycles. The molecule has 0 heterocycles. The predicted molar refractivity (Wildman–Crippen MR) is 82.8 cm³/mol. The number of hydrogen-bond donors (Lipinski definition) is 2. The molecule has 0 aromatic heterocycles. The van der Waals surface area contributed by atoms with Crippen LogP contribution in [0.15, 0.2) is 36.4 Å². The van der Waals surface area contributed by atoms with Crippen molar-refractivity contribution in [3.05, 3.63) is 64.5 Å². The van der Waals surface area contributed by atoms with Crippen LogP contribution in [0.2, 0.25) is 0 Å². The maximum absolute atomic E-state index is 13.9. The SMILES string of the molecule is Cc1cccc(CCNC(=O)c2cc(N)cc(C)c2F)c1. The second kappa shape index (κ2) is 6.39. The van der Waals surface area contributed by atoms with E-state index in [1.165, 1.54) is 17.7 Å². The van der Waals surface area contributed by atoms with Gasteiger partial charge in [0.15, 0.2) is 0 Å². The topological polar surface area (TPSA) is 55.1 Å². The number of benzene rings is 2.